The van der Waals surface area contributed by atoms with Gasteiger partial charge in [0.1, 0.15) is 0 Å². The maximum Gasteiger partial charge on any atom is 0.378 e. The molecule has 0 saturated carbocycles. The smallest absolute Gasteiger partial charge is 0.378 e. The van der Waals surface area contributed by atoms with Crippen LogP contribution in [0.25, 0.3) is 0 Å². The fraction of sp³-hybridized carbons (Fsp3) is 0.579. The molecule has 0 amide bonds. The molecular weight excluding hydrogens is 354 g/mol. The first-order valence-corrected chi connectivity index (χ1v) is 8.52. The average molecular weight is 384 g/mol. The Bertz CT molecular complexity index is 474. The molecule has 0 fully saturated rings. The third-order valence-corrected chi connectivity index (χ3v) is 3.83. The molecule has 1 rings (SSSR count). The zero-order valence-corrected chi connectivity index (χ0v) is 16.1. The number of aryl methyl sites for hydroxylation is 2. The summed E-state index contributed by atoms with van der Waals surface area (Å²) in [7, 11) is 0. The van der Waals surface area contributed by atoms with Crippen molar-refractivity contribution < 1.29 is 31.1 Å². The van der Waals surface area contributed by atoms with Gasteiger partial charge in [0.05, 0.1) is 5.56 Å². The van der Waals surface area contributed by atoms with Gasteiger partial charge >= 0.3 is 11.8 Å². The molecule has 0 aliphatic carbocycles. The van der Waals surface area contributed by atoms with Gasteiger partial charge < -0.3 is 21.7 Å². The molecule has 0 saturated heterocycles. The third-order valence-electron chi connectivity index (χ3n) is 3.83. The summed E-state index contributed by atoms with van der Waals surface area (Å²) in [6.45, 7) is 8.53. The number of unbranched alkanes of at least 4 members (excludes halogenated alkanes) is 7. The van der Waals surface area contributed by atoms with Crippen molar-refractivity contribution in [3.63, 3.8) is 0 Å². The van der Waals surface area contributed by atoms with Gasteiger partial charge in [0.25, 0.3) is 0 Å². The molecule has 1 heterocycles. The molecule has 4 heteroatoms. The van der Waals surface area contributed by atoms with Gasteiger partial charge in [-0.2, -0.15) is 4.57 Å². The van der Waals surface area contributed by atoms with Gasteiger partial charge in [-0.1, -0.05) is 52.0 Å². The minimum atomic E-state index is -0.404. The van der Waals surface area contributed by atoms with Gasteiger partial charge in [-0.15, -0.1) is 0 Å². The Balaban J connectivity index is 0.00000484. The second-order valence-electron chi connectivity index (χ2n) is 5.79. The van der Waals surface area contributed by atoms with E-state index >= 15 is 0 Å². The van der Waals surface area contributed by atoms with Crippen LogP contribution in [0, 0.1) is 6.92 Å². The molecule has 130 valence electrons. The van der Waals surface area contributed by atoms with Gasteiger partial charge in [-0.05, 0) is 19.4 Å². The van der Waals surface area contributed by atoms with Crippen molar-refractivity contribution in [2.75, 3.05) is 0 Å². The number of carbonyl (C=O) groups is 1. The third kappa shape index (κ3) is 8.89. The minimum Gasteiger partial charge on any atom is -1.00 e. The van der Waals surface area contributed by atoms with E-state index in [9.17, 15) is 4.79 Å². The largest absolute Gasteiger partial charge is 1.00 e. The molecule has 0 N–H and O–H groups in total. The first kappa shape index (κ1) is 21.8. The Hall–Kier alpha value is -1.16. The highest BCUT2D eigenvalue weighted by atomic mass is 79.9. The number of hydrogen-bond donors (Lipinski definition) is 0. The number of hydrogen-bond acceptors (Lipinski definition) is 2. The van der Waals surface area contributed by atoms with Crippen LogP contribution in [0.3, 0.4) is 0 Å². The maximum absolute atomic E-state index is 11.4. The molecule has 1 aromatic rings. The number of ether oxygens (including phenoxy) is 1. The van der Waals surface area contributed by atoms with Crippen LogP contribution < -0.4 is 26.3 Å². The zero-order valence-electron chi connectivity index (χ0n) is 14.5. The van der Waals surface area contributed by atoms with Crippen LogP contribution in [0.15, 0.2) is 31.0 Å². The van der Waals surface area contributed by atoms with Crippen LogP contribution in [0.4, 0.5) is 0 Å². The first-order valence-electron chi connectivity index (χ1n) is 8.52. The molecule has 3 nitrogen and oxygen atoms in total. The van der Waals surface area contributed by atoms with Gasteiger partial charge in [-0.25, -0.2) is 4.79 Å². The molecule has 1 aromatic heterocycles. The molecule has 0 radical (unpaired) electrons. The van der Waals surface area contributed by atoms with Gasteiger partial charge in [-0.3, -0.25) is 0 Å². The highest BCUT2D eigenvalue weighted by Crippen LogP contribution is 2.13. The van der Waals surface area contributed by atoms with E-state index in [2.05, 4.69) is 13.5 Å². The summed E-state index contributed by atoms with van der Waals surface area (Å²) in [4.78, 5) is 11.4. The number of carbonyl (C=O) groups excluding carboxylic acids is 1. The molecule has 0 bridgehead atoms. The summed E-state index contributed by atoms with van der Waals surface area (Å²) in [5.41, 5.74) is 0.970. The van der Waals surface area contributed by atoms with E-state index in [-0.39, 0.29) is 17.0 Å². The summed E-state index contributed by atoms with van der Waals surface area (Å²) in [6.07, 6.45) is 13.5. The predicted octanol–water partition coefficient (Wildman–Crippen LogP) is 1.52. The molecule has 23 heavy (non-hydrogen) atoms. The second-order valence-corrected chi connectivity index (χ2v) is 5.79. The Morgan fingerprint density at radius 1 is 1.17 bits per heavy atom. The number of pyridine rings is 1. The topological polar surface area (TPSA) is 30.2 Å². The molecule has 0 aliphatic rings. The van der Waals surface area contributed by atoms with E-state index in [0.29, 0.717) is 5.88 Å². The van der Waals surface area contributed by atoms with E-state index in [0.717, 1.165) is 18.5 Å². The lowest BCUT2D eigenvalue weighted by atomic mass is 10.1. The SMILES string of the molecule is C=CC(=O)Oc1c(C)ccc[n+]1CCCCCCCCCC.[Br-]. The number of aromatic nitrogens is 1. The fourth-order valence-electron chi connectivity index (χ4n) is 2.52. The monoisotopic (exact) mass is 383 g/mol. The number of nitrogens with zero attached hydrogens (tertiary/aromatic N) is 1. The summed E-state index contributed by atoms with van der Waals surface area (Å²) in [5.74, 6) is 0.231. The minimum absolute atomic E-state index is 0. The highest BCUT2D eigenvalue weighted by Gasteiger charge is 2.17. The Labute approximate surface area is 151 Å². The normalized spacial score (nSPS) is 10.0. The van der Waals surface area contributed by atoms with Crippen molar-refractivity contribution in [2.24, 2.45) is 0 Å². The highest BCUT2D eigenvalue weighted by molar-refractivity contribution is 5.83. The maximum atomic E-state index is 11.4. The van der Waals surface area contributed by atoms with Crippen LogP contribution in [0.1, 0.15) is 63.9 Å². The number of halogens is 1. The Kier molecular flexibility index (Phi) is 12.6. The van der Waals surface area contributed by atoms with Crippen LogP contribution in [0.2, 0.25) is 0 Å². The molecular formula is C19H30BrNO2. The summed E-state index contributed by atoms with van der Waals surface area (Å²) in [6, 6.07) is 3.95. The number of rotatable bonds is 11. The first-order chi connectivity index (χ1) is 10.7. The van der Waals surface area contributed by atoms with E-state index in [1.165, 1.54) is 51.0 Å². The summed E-state index contributed by atoms with van der Waals surface area (Å²) >= 11 is 0. The van der Waals surface area contributed by atoms with Gasteiger partial charge in [0.2, 0.25) is 0 Å². The van der Waals surface area contributed by atoms with E-state index in [1.807, 2.05) is 29.8 Å². The van der Waals surface area contributed by atoms with Gasteiger partial charge in [0.15, 0.2) is 12.7 Å². The fourth-order valence-corrected chi connectivity index (χ4v) is 2.52. The molecule has 0 unspecified atom stereocenters. The van der Waals surface area contributed by atoms with Crippen LogP contribution >= 0.6 is 0 Å². The number of esters is 1. The summed E-state index contributed by atoms with van der Waals surface area (Å²) in [5, 5.41) is 0. The zero-order chi connectivity index (χ0) is 16.2. The standard InChI is InChI=1S/C19H30NO2.BrH/c1-4-6-7-8-9-10-11-12-15-20-16-13-14-17(3)19(20)22-18(21)5-2;/h5,13-14,16H,2,4,6-12,15H2,1,3H3;1H/q+1;/p-1. The van der Waals surface area contributed by atoms with Crippen LogP contribution in [-0.2, 0) is 11.3 Å². The summed E-state index contributed by atoms with van der Waals surface area (Å²) < 4.78 is 7.38. The van der Waals surface area contributed by atoms with E-state index in [1.54, 1.807) is 0 Å². The Morgan fingerprint density at radius 2 is 1.78 bits per heavy atom. The van der Waals surface area contributed by atoms with Crippen molar-refractivity contribution in [1.82, 2.24) is 0 Å². The van der Waals surface area contributed by atoms with Crippen LogP contribution in [-0.4, -0.2) is 5.97 Å². The van der Waals surface area contributed by atoms with Crippen molar-refractivity contribution in [3.8, 4) is 5.88 Å². The molecule has 0 aromatic carbocycles. The van der Waals surface area contributed by atoms with Crippen molar-refractivity contribution in [2.45, 2.75) is 71.8 Å². The van der Waals surface area contributed by atoms with Gasteiger partial charge in [0, 0.05) is 18.6 Å². The van der Waals surface area contributed by atoms with Crippen molar-refractivity contribution >= 4 is 5.97 Å². The Morgan fingerprint density at radius 3 is 2.39 bits per heavy atom. The quantitative estimate of drug-likeness (QED) is 0.251. The predicted molar refractivity (Wildman–Crippen MR) is 89.8 cm³/mol. The average Bonchev–Trinajstić information content (AvgIpc) is 2.52. The lowest BCUT2D eigenvalue weighted by molar-refractivity contribution is -0.701. The molecule has 0 spiro atoms. The van der Waals surface area contributed by atoms with Crippen molar-refractivity contribution in [1.29, 1.82) is 0 Å². The molecule has 0 aliphatic heterocycles. The lowest BCUT2D eigenvalue weighted by Gasteiger charge is -2.06. The van der Waals surface area contributed by atoms with Crippen molar-refractivity contribution in [3.05, 3.63) is 36.5 Å². The second kappa shape index (κ2) is 13.3. The van der Waals surface area contributed by atoms with E-state index < -0.39 is 5.97 Å². The molecule has 0 atom stereocenters. The lowest BCUT2D eigenvalue weighted by Crippen LogP contribution is -3.00. The van der Waals surface area contributed by atoms with Crippen LogP contribution in [0.5, 0.6) is 5.88 Å². The van der Waals surface area contributed by atoms with E-state index in [4.69, 9.17) is 4.74 Å².